The van der Waals surface area contributed by atoms with Gasteiger partial charge in [-0.3, -0.25) is 4.79 Å². The van der Waals surface area contributed by atoms with E-state index in [1.807, 2.05) is 6.07 Å². The van der Waals surface area contributed by atoms with Crippen LogP contribution in [0.15, 0.2) is 30.6 Å². The summed E-state index contributed by atoms with van der Waals surface area (Å²) >= 11 is 0. The van der Waals surface area contributed by atoms with E-state index < -0.39 is 0 Å². The van der Waals surface area contributed by atoms with E-state index in [4.69, 9.17) is 11.5 Å². The van der Waals surface area contributed by atoms with E-state index in [0.717, 1.165) is 0 Å². The number of ketones is 1. The third-order valence-corrected chi connectivity index (χ3v) is 2.45. The maximum Gasteiger partial charge on any atom is 0.159 e. The molecule has 1 aromatic carbocycles. The fraction of sp³-hybridized carbons (Fsp3) is 0.0833. The zero-order chi connectivity index (χ0) is 13.1. The van der Waals surface area contributed by atoms with Gasteiger partial charge >= 0.3 is 0 Å². The van der Waals surface area contributed by atoms with Crippen LogP contribution in [0.3, 0.4) is 0 Å². The molecule has 1 heterocycles. The number of aromatic nitrogens is 2. The lowest BCUT2D eigenvalue weighted by Gasteiger charge is -2.09. The van der Waals surface area contributed by atoms with Crippen LogP contribution in [0.4, 0.5) is 23.0 Å². The molecule has 0 amide bonds. The van der Waals surface area contributed by atoms with E-state index in [-0.39, 0.29) is 17.3 Å². The van der Waals surface area contributed by atoms with Gasteiger partial charge in [0.15, 0.2) is 17.4 Å². The van der Waals surface area contributed by atoms with Crippen LogP contribution >= 0.6 is 0 Å². The Labute approximate surface area is 104 Å². The first-order chi connectivity index (χ1) is 8.58. The van der Waals surface area contributed by atoms with Crippen molar-refractivity contribution in [1.82, 2.24) is 9.97 Å². The molecule has 0 spiro atoms. The smallest absolute Gasteiger partial charge is 0.159 e. The number of nitrogen functional groups attached to an aromatic ring is 2. The van der Waals surface area contributed by atoms with Crippen molar-refractivity contribution in [1.29, 1.82) is 0 Å². The van der Waals surface area contributed by atoms with Crippen molar-refractivity contribution in [2.45, 2.75) is 6.92 Å². The van der Waals surface area contributed by atoms with Crippen LogP contribution in [-0.4, -0.2) is 15.8 Å². The van der Waals surface area contributed by atoms with Crippen molar-refractivity contribution >= 4 is 28.8 Å². The lowest BCUT2D eigenvalue weighted by atomic mass is 10.1. The Balaban J connectivity index is 2.31. The molecule has 0 saturated heterocycles. The Morgan fingerprint density at radius 1 is 1.28 bits per heavy atom. The Kier molecular flexibility index (Phi) is 3.09. The van der Waals surface area contributed by atoms with Crippen LogP contribution in [0.25, 0.3) is 0 Å². The third kappa shape index (κ3) is 2.37. The first kappa shape index (κ1) is 11.8. The maximum atomic E-state index is 11.3. The third-order valence-electron chi connectivity index (χ3n) is 2.45. The highest BCUT2D eigenvalue weighted by Crippen LogP contribution is 2.24. The highest BCUT2D eigenvalue weighted by molar-refractivity contribution is 5.95. The average molecular weight is 243 g/mol. The van der Waals surface area contributed by atoms with Crippen molar-refractivity contribution < 1.29 is 4.79 Å². The van der Waals surface area contributed by atoms with Crippen molar-refractivity contribution in [2.75, 3.05) is 16.8 Å². The first-order valence-corrected chi connectivity index (χ1v) is 5.32. The summed E-state index contributed by atoms with van der Waals surface area (Å²) in [7, 11) is 0. The molecule has 18 heavy (non-hydrogen) atoms. The summed E-state index contributed by atoms with van der Waals surface area (Å²) in [4.78, 5) is 19.0. The van der Waals surface area contributed by atoms with Crippen molar-refractivity contribution in [2.24, 2.45) is 0 Å². The number of hydrogen-bond donors (Lipinski definition) is 3. The van der Waals surface area contributed by atoms with Gasteiger partial charge in [0, 0.05) is 11.3 Å². The minimum atomic E-state index is -0.00572. The van der Waals surface area contributed by atoms with Gasteiger partial charge in [-0.15, -0.1) is 0 Å². The Bertz CT molecular complexity index is 597. The molecule has 6 nitrogen and oxygen atoms in total. The molecule has 0 unspecified atom stereocenters. The predicted octanol–water partition coefficient (Wildman–Crippen LogP) is 1.59. The van der Waals surface area contributed by atoms with Crippen molar-refractivity contribution in [3.63, 3.8) is 0 Å². The molecule has 6 heteroatoms. The van der Waals surface area contributed by atoms with Gasteiger partial charge in [-0.2, -0.15) is 0 Å². The average Bonchev–Trinajstić information content (AvgIpc) is 2.35. The Morgan fingerprint density at radius 2 is 2.06 bits per heavy atom. The van der Waals surface area contributed by atoms with Gasteiger partial charge in [-0.25, -0.2) is 9.97 Å². The zero-order valence-corrected chi connectivity index (χ0v) is 9.84. The van der Waals surface area contributed by atoms with E-state index in [1.165, 1.54) is 13.3 Å². The number of benzene rings is 1. The predicted molar refractivity (Wildman–Crippen MR) is 70.6 cm³/mol. The molecule has 5 N–H and O–H groups in total. The van der Waals surface area contributed by atoms with Crippen molar-refractivity contribution in [3.8, 4) is 0 Å². The van der Waals surface area contributed by atoms with Gasteiger partial charge in [-0.1, -0.05) is 12.1 Å². The number of carbonyl (C=O) groups is 1. The molecule has 0 bridgehead atoms. The van der Waals surface area contributed by atoms with Crippen LogP contribution in [0.1, 0.15) is 17.3 Å². The number of hydrogen-bond acceptors (Lipinski definition) is 6. The fourth-order valence-corrected chi connectivity index (χ4v) is 1.46. The number of nitrogens with one attached hydrogen (secondary N) is 1. The van der Waals surface area contributed by atoms with E-state index in [9.17, 15) is 4.79 Å². The molecule has 0 atom stereocenters. The normalized spacial score (nSPS) is 10.1. The molecule has 0 aliphatic heterocycles. The van der Waals surface area contributed by atoms with Gasteiger partial charge < -0.3 is 16.8 Å². The molecule has 0 saturated carbocycles. The standard InChI is InChI=1S/C12H13N5O/c1-7(18)8-3-2-4-9(5-8)17-12-10(13)11(14)15-6-16-12/h2-6H,13H2,1H3,(H3,14,15,16,17). The lowest BCUT2D eigenvalue weighted by Crippen LogP contribution is -2.05. The largest absolute Gasteiger partial charge is 0.393 e. The highest BCUT2D eigenvalue weighted by atomic mass is 16.1. The second-order valence-electron chi connectivity index (χ2n) is 3.78. The summed E-state index contributed by atoms with van der Waals surface area (Å²) in [5.74, 6) is 0.632. The fourth-order valence-electron chi connectivity index (χ4n) is 1.46. The van der Waals surface area contributed by atoms with E-state index in [0.29, 0.717) is 17.1 Å². The lowest BCUT2D eigenvalue weighted by molar-refractivity contribution is 0.101. The van der Waals surface area contributed by atoms with Gasteiger partial charge in [0.2, 0.25) is 0 Å². The molecular formula is C12H13N5O. The van der Waals surface area contributed by atoms with Crippen molar-refractivity contribution in [3.05, 3.63) is 36.2 Å². The minimum Gasteiger partial charge on any atom is -0.393 e. The molecule has 0 aliphatic carbocycles. The summed E-state index contributed by atoms with van der Waals surface area (Å²) in [5, 5.41) is 3.00. The molecule has 0 aliphatic rings. The zero-order valence-electron chi connectivity index (χ0n) is 9.84. The van der Waals surface area contributed by atoms with Gasteiger partial charge in [0.1, 0.15) is 12.0 Å². The van der Waals surface area contributed by atoms with Gasteiger partial charge in [0.25, 0.3) is 0 Å². The summed E-state index contributed by atoms with van der Waals surface area (Å²) in [6.07, 6.45) is 1.32. The SMILES string of the molecule is CC(=O)c1cccc(Nc2ncnc(N)c2N)c1. The topological polar surface area (TPSA) is 107 Å². The van der Waals surface area contributed by atoms with E-state index in [2.05, 4.69) is 15.3 Å². The molecule has 0 fully saturated rings. The van der Waals surface area contributed by atoms with Crippen LogP contribution < -0.4 is 16.8 Å². The molecule has 1 aromatic heterocycles. The van der Waals surface area contributed by atoms with Crippen LogP contribution in [0.2, 0.25) is 0 Å². The second-order valence-corrected chi connectivity index (χ2v) is 3.78. The summed E-state index contributed by atoms with van der Waals surface area (Å²) in [5.41, 5.74) is 12.9. The quantitative estimate of drug-likeness (QED) is 0.706. The molecule has 2 aromatic rings. The van der Waals surface area contributed by atoms with E-state index in [1.54, 1.807) is 18.2 Å². The number of carbonyl (C=O) groups excluding carboxylic acids is 1. The molecule has 92 valence electrons. The molecular weight excluding hydrogens is 230 g/mol. The summed E-state index contributed by atoms with van der Waals surface area (Å²) in [6.45, 7) is 1.51. The van der Waals surface area contributed by atoms with Crippen LogP contribution in [0, 0.1) is 0 Å². The second kappa shape index (κ2) is 4.70. The highest BCUT2D eigenvalue weighted by Gasteiger charge is 2.06. The summed E-state index contributed by atoms with van der Waals surface area (Å²) in [6, 6.07) is 7.05. The summed E-state index contributed by atoms with van der Waals surface area (Å²) < 4.78 is 0. The molecule has 2 rings (SSSR count). The Morgan fingerprint density at radius 3 is 2.78 bits per heavy atom. The first-order valence-electron chi connectivity index (χ1n) is 5.32. The number of rotatable bonds is 3. The van der Waals surface area contributed by atoms with Crippen LogP contribution in [0.5, 0.6) is 0 Å². The van der Waals surface area contributed by atoms with Crippen LogP contribution in [-0.2, 0) is 0 Å². The molecule has 0 radical (unpaired) electrons. The monoisotopic (exact) mass is 243 g/mol. The minimum absolute atomic E-state index is 0.00572. The number of nitrogens with zero attached hydrogens (tertiary/aromatic N) is 2. The van der Waals surface area contributed by atoms with Gasteiger partial charge in [0.05, 0.1) is 0 Å². The van der Waals surface area contributed by atoms with Gasteiger partial charge in [-0.05, 0) is 19.1 Å². The number of anilines is 4. The number of nitrogens with two attached hydrogens (primary N) is 2. The Hall–Kier alpha value is -2.63. The van der Waals surface area contributed by atoms with E-state index >= 15 is 0 Å². The number of Topliss-reactive ketones (excluding diaryl/α,β-unsaturated/α-hetero) is 1. The maximum absolute atomic E-state index is 11.3.